The fraction of sp³-hybridized carbons (Fsp3) is 0.409. The lowest BCUT2D eigenvalue weighted by Crippen LogP contribution is -2.38. The van der Waals surface area contributed by atoms with Crippen LogP contribution in [0.4, 0.5) is 5.69 Å². The van der Waals surface area contributed by atoms with Crippen molar-refractivity contribution in [3.63, 3.8) is 0 Å². The summed E-state index contributed by atoms with van der Waals surface area (Å²) in [5, 5.41) is 3.01. The Hall–Kier alpha value is -2.54. The van der Waals surface area contributed by atoms with Crippen LogP contribution in [-0.2, 0) is 20.0 Å². The molecule has 6 nitrogen and oxygen atoms in total. The fourth-order valence-electron chi connectivity index (χ4n) is 4.17. The average Bonchev–Trinajstić information content (AvgIpc) is 3.19. The maximum absolute atomic E-state index is 13.5. The highest BCUT2D eigenvalue weighted by Crippen LogP contribution is 2.45. The van der Waals surface area contributed by atoms with Crippen molar-refractivity contribution >= 4 is 21.4 Å². The highest BCUT2D eigenvalue weighted by molar-refractivity contribution is 7.90. The monoisotopic (exact) mass is 415 g/mol. The molecule has 1 N–H and O–H groups in total. The van der Waals surface area contributed by atoms with Crippen LogP contribution in [0.15, 0.2) is 41.3 Å². The van der Waals surface area contributed by atoms with Crippen LogP contribution in [0.3, 0.4) is 0 Å². The van der Waals surface area contributed by atoms with Gasteiger partial charge < -0.3 is 14.8 Å². The second-order valence-corrected chi connectivity index (χ2v) is 9.87. The minimum atomic E-state index is -3.36. The van der Waals surface area contributed by atoms with Gasteiger partial charge >= 0.3 is 0 Å². The van der Waals surface area contributed by atoms with E-state index in [0.717, 1.165) is 43.1 Å². The van der Waals surface area contributed by atoms with E-state index in [1.54, 1.807) is 12.1 Å². The molecule has 0 saturated heterocycles. The highest BCUT2D eigenvalue weighted by Gasteiger charge is 2.43. The molecule has 0 atom stereocenters. The van der Waals surface area contributed by atoms with Crippen molar-refractivity contribution in [3.8, 4) is 11.5 Å². The molecule has 4 rings (SSSR count). The third kappa shape index (κ3) is 3.71. The van der Waals surface area contributed by atoms with E-state index < -0.39 is 15.3 Å². The van der Waals surface area contributed by atoms with Gasteiger partial charge in [-0.25, -0.2) is 8.42 Å². The van der Waals surface area contributed by atoms with Crippen LogP contribution in [0, 0.1) is 6.92 Å². The molecule has 1 heterocycles. The Morgan fingerprint density at radius 3 is 2.38 bits per heavy atom. The molecular formula is C22H25NO5S. The zero-order valence-electron chi connectivity index (χ0n) is 16.7. The molecule has 2 aromatic rings. The van der Waals surface area contributed by atoms with Crippen LogP contribution in [0.2, 0.25) is 0 Å². The van der Waals surface area contributed by atoms with Gasteiger partial charge in [0.2, 0.25) is 5.91 Å². The summed E-state index contributed by atoms with van der Waals surface area (Å²) in [5.74, 6) is 1.26. The minimum absolute atomic E-state index is 0.111. The Kier molecular flexibility index (Phi) is 5.02. The predicted octanol–water partition coefficient (Wildman–Crippen LogP) is 3.62. The molecule has 154 valence electrons. The summed E-state index contributed by atoms with van der Waals surface area (Å²) < 4.78 is 35.2. The maximum atomic E-state index is 13.5. The molecule has 0 unspecified atom stereocenters. The summed E-state index contributed by atoms with van der Waals surface area (Å²) in [6.07, 6.45) is 4.57. The first kappa shape index (κ1) is 19.8. The first-order chi connectivity index (χ1) is 13.8. The van der Waals surface area contributed by atoms with Crippen molar-refractivity contribution in [1.29, 1.82) is 0 Å². The van der Waals surface area contributed by atoms with Crippen LogP contribution < -0.4 is 14.8 Å². The van der Waals surface area contributed by atoms with Gasteiger partial charge in [0.05, 0.1) is 10.3 Å². The lowest BCUT2D eigenvalue weighted by atomic mass is 9.77. The van der Waals surface area contributed by atoms with E-state index in [1.807, 2.05) is 25.1 Å². The van der Waals surface area contributed by atoms with Crippen LogP contribution in [0.1, 0.15) is 36.8 Å². The normalized spacial score (nSPS) is 17.7. The average molecular weight is 416 g/mol. The number of nitrogens with one attached hydrogen (secondary N) is 1. The number of hydrogen-bond acceptors (Lipinski definition) is 5. The molecule has 0 spiro atoms. The topological polar surface area (TPSA) is 81.7 Å². The molecule has 0 radical (unpaired) electrons. The predicted molar refractivity (Wildman–Crippen MR) is 110 cm³/mol. The third-order valence-electron chi connectivity index (χ3n) is 5.87. The molecule has 0 aromatic heterocycles. The molecule has 2 aromatic carbocycles. The van der Waals surface area contributed by atoms with Crippen molar-refractivity contribution < 1.29 is 22.7 Å². The standard InChI is InChI=1S/C22H25NO5S/c1-15-5-7-17(29(2,25)26)14-18(15)23-21(24)22(9-3-4-10-22)16-6-8-19-20(13-16)28-12-11-27-19/h5-8,13-14H,3-4,9-12H2,1-2H3,(H,23,24). The quantitative estimate of drug-likeness (QED) is 0.825. The molecule has 1 amide bonds. The Morgan fingerprint density at radius 1 is 1.00 bits per heavy atom. The Labute approximate surface area is 171 Å². The SMILES string of the molecule is Cc1ccc(S(C)(=O)=O)cc1NC(=O)C1(c2ccc3c(c2)OCCO3)CCCC1. The van der Waals surface area contributed by atoms with Gasteiger partial charge in [0.15, 0.2) is 21.3 Å². The van der Waals surface area contributed by atoms with Crippen molar-refractivity contribution in [2.24, 2.45) is 0 Å². The second-order valence-electron chi connectivity index (χ2n) is 7.85. The second kappa shape index (κ2) is 7.37. The maximum Gasteiger partial charge on any atom is 0.235 e. The number of hydrogen-bond donors (Lipinski definition) is 1. The summed E-state index contributed by atoms with van der Waals surface area (Å²) >= 11 is 0. The van der Waals surface area contributed by atoms with E-state index in [1.165, 1.54) is 6.07 Å². The fourth-order valence-corrected chi connectivity index (χ4v) is 4.82. The van der Waals surface area contributed by atoms with Crippen molar-refractivity contribution in [2.75, 3.05) is 24.8 Å². The smallest absolute Gasteiger partial charge is 0.235 e. The lowest BCUT2D eigenvalue weighted by Gasteiger charge is -2.30. The van der Waals surface area contributed by atoms with Crippen LogP contribution in [0.25, 0.3) is 0 Å². The largest absolute Gasteiger partial charge is 0.486 e. The number of anilines is 1. The highest BCUT2D eigenvalue weighted by atomic mass is 32.2. The molecule has 7 heteroatoms. The number of amides is 1. The molecule has 1 aliphatic carbocycles. The van der Waals surface area contributed by atoms with Gasteiger partial charge in [-0.3, -0.25) is 4.79 Å². The summed E-state index contributed by atoms with van der Waals surface area (Å²) in [7, 11) is -3.36. The number of ether oxygens (including phenoxy) is 2. The van der Waals surface area contributed by atoms with E-state index in [4.69, 9.17) is 9.47 Å². The van der Waals surface area contributed by atoms with Gasteiger partial charge in [-0.05, 0) is 55.2 Å². The number of fused-ring (bicyclic) bond motifs is 1. The van der Waals surface area contributed by atoms with Crippen molar-refractivity contribution in [3.05, 3.63) is 47.5 Å². The van der Waals surface area contributed by atoms with E-state index >= 15 is 0 Å². The van der Waals surface area contributed by atoms with Gasteiger partial charge in [-0.15, -0.1) is 0 Å². The van der Waals surface area contributed by atoms with Crippen LogP contribution in [0.5, 0.6) is 11.5 Å². The van der Waals surface area contributed by atoms with Crippen molar-refractivity contribution in [2.45, 2.75) is 42.9 Å². The molecular weight excluding hydrogens is 390 g/mol. The summed E-state index contributed by atoms with van der Waals surface area (Å²) in [6.45, 7) is 2.87. The molecule has 1 aliphatic heterocycles. The van der Waals surface area contributed by atoms with Gasteiger partial charge in [0.1, 0.15) is 13.2 Å². The number of carbonyl (C=O) groups excluding carboxylic acids is 1. The van der Waals surface area contributed by atoms with E-state index in [0.29, 0.717) is 30.4 Å². The van der Waals surface area contributed by atoms with Crippen molar-refractivity contribution in [1.82, 2.24) is 0 Å². The zero-order chi connectivity index (χ0) is 20.6. The summed E-state index contributed by atoms with van der Waals surface area (Å²) in [4.78, 5) is 13.7. The zero-order valence-corrected chi connectivity index (χ0v) is 17.5. The Morgan fingerprint density at radius 2 is 1.69 bits per heavy atom. The number of benzene rings is 2. The Balaban J connectivity index is 1.69. The first-order valence-corrected chi connectivity index (χ1v) is 11.7. The van der Waals surface area contributed by atoms with E-state index in [-0.39, 0.29) is 10.8 Å². The molecule has 2 aliphatic rings. The van der Waals surface area contributed by atoms with E-state index in [2.05, 4.69) is 5.32 Å². The molecule has 1 fully saturated rings. The van der Waals surface area contributed by atoms with Crippen LogP contribution in [-0.4, -0.2) is 33.8 Å². The third-order valence-corrected chi connectivity index (χ3v) is 6.98. The lowest BCUT2D eigenvalue weighted by molar-refractivity contribution is -0.121. The summed E-state index contributed by atoms with van der Waals surface area (Å²) in [6, 6.07) is 10.5. The van der Waals surface area contributed by atoms with Gasteiger partial charge in [0.25, 0.3) is 0 Å². The molecule has 0 bridgehead atoms. The number of sulfone groups is 1. The van der Waals surface area contributed by atoms with Gasteiger partial charge in [0, 0.05) is 11.9 Å². The number of aryl methyl sites for hydroxylation is 1. The number of rotatable bonds is 4. The molecule has 1 saturated carbocycles. The molecule has 29 heavy (non-hydrogen) atoms. The summed E-state index contributed by atoms with van der Waals surface area (Å²) in [5.41, 5.74) is 1.60. The van der Waals surface area contributed by atoms with Gasteiger partial charge in [-0.2, -0.15) is 0 Å². The number of carbonyl (C=O) groups is 1. The van der Waals surface area contributed by atoms with Crippen LogP contribution >= 0.6 is 0 Å². The Bertz CT molecular complexity index is 1050. The van der Waals surface area contributed by atoms with E-state index in [9.17, 15) is 13.2 Å². The first-order valence-electron chi connectivity index (χ1n) is 9.82. The van der Waals surface area contributed by atoms with Gasteiger partial charge in [-0.1, -0.05) is 25.0 Å². The minimum Gasteiger partial charge on any atom is -0.486 e.